The van der Waals surface area contributed by atoms with Crippen molar-refractivity contribution in [2.24, 2.45) is 0 Å². The Kier molecular flexibility index (Phi) is 3.83. The van der Waals surface area contributed by atoms with Crippen LogP contribution >= 0.6 is 0 Å². The van der Waals surface area contributed by atoms with Crippen LogP contribution in [0, 0.1) is 0 Å². The van der Waals surface area contributed by atoms with E-state index in [2.05, 4.69) is 11.9 Å². The van der Waals surface area contributed by atoms with Crippen LogP contribution in [0.5, 0.6) is 0 Å². The minimum absolute atomic E-state index is 0.0954. The third-order valence-corrected chi connectivity index (χ3v) is 3.72. The Balaban J connectivity index is 2.21. The zero-order valence-electron chi connectivity index (χ0n) is 11.2. The highest BCUT2D eigenvalue weighted by Gasteiger charge is 2.34. The molecule has 0 aliphatic carbocycles. The van der Waals surface area contributed by atoms with E-state index in [9.17, 15) is 9.59 Å². The van der Waals surface area contributed by atoms with Crippen molar-refractivity contribution in [1.29, 1.82) is 0 Å². The second-order valence-electron chi connectivity index (χ2n) is 4.94. The topological polar surface area (TPSA) is 70.5 Å². The van der Waals surface area contributed by atoms with Gasteiger partial charge >= 0.3 is 5.97 Å². The fourth-order valence-electron chi connectivity index (χ4n) is 2.62. The molecule has 2 unspecified atom stereocenters. The average Bonchev–Trinajstić information content (AvgIpc) is 2.79. The molecule has 0 radical (unpaired) electrons. The Hall–Kier alpha value is -1.91. The van der Waals surface area contributed by atoms with Gasteiger partial charge in [-0.1, -0.05) is 6.92 Å². The summed E-state index contributed by atoms with van der Waals surface area (Å²) in [6, 6.07) is 3.40. The Bertz CT molecular complexity index is 484. The number of pyridine rings is 1. The zero-order valence-corrected chi connectivity index (χ0v) is 11.2. The standard InChI is InChI=1S/C14H18N2O3/c1-3-11-6-4-9(2)16(11)13(17)12-7-5-10(8-15-12)14(18)19/h5,7-9,11H,3-4,6H2,1-2H3,(H,18,19). The van der Waals surface area contributed by atoms with Gasteiger partial charge in [0.05, 0.1) is 5.56 Å². The van der Waals surface area contributed by atoms with Gasteiger partial charge in [-0.15, -0.1) is 0 Å². The van der Waals surface area contributed by atoms with Crippen LogP contribution in [0.15, 0.2) is 18.3 Å². The van der Waals surface area contributed by atoms with Crippen molar-refractivity contribution in [3.63, 3.8) is 0 Å². The number of nitrogens with zero attached hydrogens (tertiary/aromatic N) is 2. The maximum absolute atomic E-state index is 12.4. The van der Waals surface area contributed by atoms with Crippen molar-refractivity contribution in [2.75, 3.05) is 0 Å². The number of carbonyl (C=O) groups excluding carboxylic acids is 1. The molecule has 1 aliphatic rings. The van der Waals surface area contributed by atoms with Gasteiger partial charge < -0.3 is 10.0 Å². The molecule has 1 aromatic rings. The summed E-state index contributed by atoms with van der Waals surface area (Å²) in [5.41, 5.74) is 0.412. The summed E-state index contributed by atoms with van der Waals surface area (Å²) in [5.74, 6) is -1.14. The van der Waals surface area contributed by atoms with Crippen LogP contribution in [0.1, 0.15) is 54.0 Å². The number of carbonyl (C=O) groups is 2. The molecule has 102 valence electrons. The normalized spacial score (nSPS) is 22.5. The minimum Gasteiger partial charge on any atom is -0.478 e. The minimum atomic E-state index is -1.03. The molecule has 2 atom stereocenters. The summed E-state index contributed by atoms with van der Waals surface area (Å²) >= 11 is 0. The molecule has 0 saturated carbocycles. The van der Waals surface area contributed by atoms with Gasteiger partial charge in [0.25, 0.3) is 5.91 Å². The molecule has 5 nitrogen and oxygen atoms in total. The second kappa shape index (κ2) is 5.38. The first-order chi connectivity index (χ1) is 9.04. The van der Waals surface area contributed by atoms with Gasteiger partial charge in [-0.05, 0) is 38.3 Å². The third-order valence-electron chi connectivity index (χ3n) is 3.72. The Labute approximate surface area is 112 Å². The molecular weight excluding hydrogens is 244 g/mol. The van der Waals surface area contributed by atoms with E-state index in [-0.39, 0.29) is 23.6 Å². The molecule has 2 rings (SSSR count). The van der Waals surface area contributed by atoms with Crippen molar-refractivity contribution in [2.45, 2.75) is 45.2 Å². The first-order valence-corrected chi connectivity index (χ1v) is 6.56. The average molecular weight is 262 g/mol. The molecule has 0 aromatic carbocycles. The van der Waals surface area contributed by atoms with E-state index in [1.54, 1.807) is 0 Å². The Morgan fingerprint density at radius 1 is 1.42 bits per heavy atom. The summed E-state index contributed by atoms with van der Waals surface area (Å²) < 4.78 is 0. The smallest absolute Gasteiger partial charge is 0.337 e. The third kappa shape index (κ3) is 2.59. The van der Waals surface area contributed by atoms with Crippen molar-refractivity contribution < 1.29 is 14.7 Å². The summed E-state index contributed by atoms with van der Waals surface area (Å²) in [6.45, 7) is 4.11. The molecule has 1 amide bonds. The molecule has 19 heavy (non-hydrogen) atoms. The molecular formula is C14H18N2O3. The first-order valence-electron chi connectivity index (χ1n) is 6.56. The van der Waals surface area contributed by atoms with Gasteiger partial charge in [0.2, 0.25) is 0 Å². The van der Waals surface area contributed by atoms with Gasteiger partial charge in [-0.2, -0.15) is 0 Å². The quantitative estimate of drug-likeness (QED) is 0.906. The summed E-state index contributed by atoms with van der Waals surface area (Å²) in [4.78, 5) is 29.0. The van der Waals surface area contributed by atoms with Crippen molar-refractivity contribution in [3.8, 4) is 0 Å². The van der Waals surface area contributed by atoms with Crippen molar-refractivity contribution >= 4 is 11.9 Å². The number of likely N-dealkylation sites (tertiary alicyclic amines) is 1. The fraction of sp³-hybridized carbons (Fsp3) is 0.500. The number of carboxylic acids is 1. The SMILES string of the molecule is CCC1CCC(C)N1C(=O)c1ccc(C(=O)O)cn1. The molecule has 2 heterocycles. The molecule has 5 heteroatoms. The van der Waals surface area contributed by atoms with E-state index in [0.29, 0.717) is 5.69 Å². The zero-order chi connectivity index (χ0) is 14.0. The van der Waals surface area contributed by atoms with Gasteiger partial charge in [-0.3, -0.25) is 9.78 Å². The van der Waals surface area contributed by atoms with E-state index in [4.69, 9.17) is 5.11 Å². The van der Waals surface area contributed by atoms with E-state index < -0.39 is 5.97 Å². The maximum atomic E-state index is 12.4. The van der Waals surface area contributed by atoms with Gasteiger partial charge in [0, 0.05) is 18.3 Å². The lowest BCUT2D eigenvalue weighted by Crippen LogP contribution is -2.40. The lowest BCUT2D eigenvalue weighted by atomic mass is 10.1. The lowest BCUT2D eigenvalue weighted by molar-refractivity contribution is 0.0662. The van der Waals surface area contributed by atoms with Crippen LogP contribution in [0.3, 0.4) is 0 Å². The molecule has 1 N–H and O–H groups in total. The predicted molar refractivity (Wildman–Crippen MR) is 70.1 cm³/mol. The maximum Gasteiger partial charge on any atom is 0.337 e. The fourth-order valence-corrected chi connectivity index (χ4v) is 2.62. The van der Waals surface area contributed by atoms with E-state index in [1.165, 1.54) is 18.3 Å². The highest BCUT2D eigenvalue weighted by atomic mass is 16.4. The number of carboxylic acid groups (broad SMARTS) is 1. The molecule has 0 spiro atoms. The molecule has 1 fully saturated rings. The lowest BCUT2D eigenvalue weighted by Gasteiger charge is -2.27. The monoisotopic (exact) mass is 262 g/mol. The van der Waals surface area contributed by atoms with Gasteiger partial charge in [0.1, 0.15) is 5.69 Å². The molecule has 0 bridgehead atoms. The van der Waals surface area contributed by atoms with Crippen LogP contribution in [-0.2, 0) is 0 Å². The number of hydrogen-bond donors (Lipinski definition) is 1. The highest BCUT2D eigenvalue weighted by Crippen LogP contribution is 2.27. The van der Waals surface area contributed by atoms with Gasteiger partial charge in [0.15, 0.2) is 0 Å². The van der Waals surface area contributed by atoms with E-state index in [0.717, 1.165) is 19.3 Å². The van der Waals surface area contributed by atoms with Crippen LogP contribution < -0.4 is 0 Å². The second-order valence-corrected chi connectivity index (χ2v) is 4.94. The predicted octanol–water partition coefficient (Wildman–Crippen LogP) is 2.18. The number of rotatable bonds is 3. The van der Waals surface area contributed by atoms with Crippen molar-refractivity contribution in [3.05, 3.63) is 29.6 Å². The Morgan fingerprint density at radius 3 is 2.68 bits per heavy atom. The molecule has 1 aliphatic heterocycles. The first kappa shape index (κ1) is 13.5. The summed E-state index contributed by atoms with van der Waals surface area (Å²) in [6.07, 6.45) is 4.20. The van der Waals surface area contributed by atoms with E-state index in [1.807, 2.05) is 11.8 Å². The summed E-state index contributed by atoms with van der Waals surface area (Å²) in [7, 11) is 0. The van der Waals surface area contributed by atoms with Crippen molar-refractivity contribution in [1.82, 2.24) is 9.88 Å². The van der Waals surface area contributed by atoms with Crippen LogP contribution in [-0.4, -0.2) is 39.0 Å². The number of aromatic nitrogens is 1. The van der Waals surface area contributed by atoms with Gasteiger partial charge in [-0.25, -0.2) is 4.79 Å². The Morgan fingerprint density at radius 2 is 2.16 bits per heavy atom. The molecule has 1 aromatic heterocycles. The largest absolute Gasteiger partial charge is 0.478 e. The number of amides is 1. The molecule has 1 saturated heterocycles. The van der Waals surface area contributed by atoms with Crippen LogP contribution in [0.4, 0.5) is 0 Å². The summed E-state index contributed by atoms with van der Waals surface area (Å²) in [5, 5.41) is 8.81. The highest BCUT2D eigenvalue weighted by molar-refractivity contribution is 5.94. The number of aromatic carboxylic acids is 1. The van der Waals surface area contributed by atoms with Crippen LogP contribution in [0.2, 0.25) is 0 Å². The van der Waals surface area contributed by atoms with Crippen LogP contribution in [0.25, 0.3) is 0 Å². The number of hydrogen-bond acceptors (Lipinski definition) is 3. The van der Waals surface area contributed by atoms with E-state index >= 15 is 0 Å².